The van der Waals surface area contributed by atoms with E-state index in [9.17, 15) is 19.6 Å². The standard InChI is InChI=1S/C25H20Cl2N4O5/c1-2-35-20-5-3-18(4-6-20)30-23(32)15(13-28)9-21-7-8-22(36-21)14-29-24(33)25(34)31-19-11-16(26)10-17(27)12-19/h3-12H,2,14H2,1H3,(H,29,33)(H,30,32)(H,31,34)/b15-9-. The lowest BCUT2D eigenvalue weighted by Gasteiger charge is -2.07. The average Bonchev–Trinajstić information content (AvgIpc) is 3.29. The van der Waals surface area contributed by atoms with Gasteiger partial charge in [0.2, 0.25) is 0 Å². The molecule has 9 nitrogen and oxygen atoms in total. The maximum atomic E-state index is 12.5. The molecule has 3 N–H and O–H groups in total. The summed E-state index contributed by atoms with van der Waals surface area (Å²) in [5, 5.41) is 17.4. The lowest BCUT2D eigenvalue weighted by atomic mass is 10.2. The maximum Gasteiger partial charge on any atom is 0.313 e. The second-order valence-corrected chi connectivity index (χ2v) is 8.05. The number of benzene rings is 2. The van der Waals surface area contributed by atoms with E-state index in [1.54, 1.807) is 30.3 Å². The molecule has 0 saturated heterocycles. The van der Waals surface area contributed by atoms with Gasteiger partial charge >= 0.3 is 11.8 Å². The normalized spacial score (nSPS) is 10.8. The van der Waals surface area contributed by atoms with Crippen LogP contribution in [0.2, 0.25) is 10.0 Å². The summed E-state index contributed by atoms with van der Waals surface area (Å²) in [6.07, 6.45) is 1.27. The van der Waals surface area contributed by atoms with Crippen molar-refractivity contribution in [3.63, 3.8) is 0 Å². The number of carbonyl (C=O) groups is 3. The van der Waals surface area contributed by atoms with E-state index < -0.39 is 17.7 Å². The molecule has 0 bridgehead atoms. The van der Waals surface area contributed by atoms with Gasteiger partial charge in [-0.2, -0.15) is 5.26 Å². The molecule has 3 amide bonds. The van der Waals surface area contributed by atoms with Crippen LogP contribution in [0.4, 0.5) is 11.4 Å². The first kappa shape index (κ1) is 26.3. The van der Waals surface area contributed by atoms with Crippen LogP contribution in [0.15, 0.2) is 64.6 Å². The van der Waals surface area contributed by atoms with Crippen LogP contribution in [-0.4, -0.2) is 24.3 Å². The van der Waals surface area contributed by atoms with Crippen LogP contribution in [0, 0.1) is 11.3 Å². The SMILES string of the molecule is CCOc1ccc(NC(=O)/C(C#N)=C\c2ccc(CNC(=O)C(=O)Nc3cc(Cl)cc(Cl)c3)o2)cc1. The number of anilines is 2. The zero-order valence-electron chi connectivity index (χ0n) is 18.9. The fourth-order valence-electron chi connectivity index (χ4n) is 2.92. The van der Waals surface area contributed by atoms with Crippen LogP contribution in [0.5, 0.6) is 5.75 Å². The number of rotatable bonds is 8. The molecule has 0 unspecified atom stereocenters. The van der Waals surface area contributed by atoms with Crippen molar-refractivity contribution >= 4 is 58.4 Å². The average molecular weight is 527 g/mol. The molecular weight excluding hydrogens is 507 g/mol. The summed E-state index contributed by atoms with van der Waals surface area (Å²) in [5.74, 6) is -1.27. The van der Waals surface area contributed by atoms with Crippen LogP contribution in [-0.2, 0) is 20.9 Å². The van der Waals surface area contributed by atoms with Crippen LogP contribution < -0.4 is 20.7 Å². The highest BCUT2D eigenvalue weighted by Gasteiger charge is 2.15. The highest BCUT2D eigenvalue weighted by Crippen LogP contribution is 2.22. The Morgan fingerprint density at radius 3 is 2.25 bits per heavy atom. The third-order valence-electron chi connectivity index (χ3n) is 4.51. The predicted octanol–water partition coefficient (Wildman–Crippen LogP) is 4.79. The van der Waals surface area contributed by atoms with Gasteiger partial charge in [-0.3, -0.25) is 14.4 Å². The Balaban J connectivity index is 1.56. The highest BCUT2D eigenvalue weighted by atomic mass is 35.5. The predicted molar refractivity (Wildman–Crippen MR) is 135 cm³/mol. The Labute approximate surface area is 216 Å². The van der Waals surface area contributed by atoms with Crippen molar-refractivity contribution in [3.05, 3.63) is 81.7 Å². The monoisotopic (exact) mass is 526 g/mol. The molecule has 0 aliphatic heterocycles. The molecule has 0 saturated carbocycles. The molecular formula is C25H20Cl2N4O5. The molecule has 0 spiro atoms. The third-order valence-corrected chi connectivity index (χ3v) is 4.94. The second-order valence-electron chi connectivity index (χ2n) is 7.18. The lowest BCUT2D eigenvalue weighted by molar-refractivity contribution is -0.136. The largest absolute Gasteiger partial charge is 0.494 e. The van der Waals surface area contributed by atoms with E-state index in [1.807, 2.05) is 13.0 Å². The van der Waals surface area contributed by atoms with Crippen molar-refractivity contribution in [3.8, 4) is 11.8 Å². The van der Waals surface area contributed by atoms with Crippen molar-refractivity contribution in [2.24, 2.45) is 0 Å². The summed E-state index contributed by atoms with van der Waals surface area (Å²) in [6, 6.07) is 16.0. The van der Waals surface area contributed by atoms with Crippen LogP contribution in [0.1, 0.15) is 18.4 Å². The molecule has 0 aliphatic carbocycles. The van der Waals surface area contributed by atoms with E-state index >= 15 is 0 Å². The second kappa shape index (κ2) is 12.4. The number of nitrogens with one attached hydrogen (secondary N) is 3. The number of nitrogens with zero attached hydrogens (tertiary/aromatic N) is 1. The summed E-state index contributed by atoms with van der Waals surface area (Å²) in [7, 11) is 0. The zero-order valence-corrected chi connectivity index (χ0v) is 20.4. The van der Waals surface area contributed by atoms with Crippen LogP contribution in [0.3, 0.4) is 0 Å². The number of nitriles is 1. The number of carbonyl (C=O) groups excluding carboxylic acids is 3. The Morgan fingerprint density at radius 2 is 1.61 bits per heavy atom. The first-order chi connectivity index (χ1) is 17.3. The number of ether oxygens (including phenoxy) is 1. The minimum absolute atomic E-state index is 0.101. The maximum absolute atomic E-state index is 12.5. The van der Waals surface area contributed by atoms with Gasteiger partial charge in [0.05, 0.1) is 13.2 Å². The number of hydrogen-bond acceptors (Lipinski definition) is 6. The first-order valence-corrected chi connectivity index (χ1v) is 11.3. The molecule has 3 rings (SSSR count). The van der Waals surface area contributed by atoms with E-state index in [2.05, 4.69) is 16.0 Å². The highest BCUT2D eigenvalue weighted by molar-refractivity contribution is 6.40. The van der Waals surface area contributed by atoms with Crippen LogP contribution in [0.25, 0.3) is 6.08 Å². The smallest absolute Gasteiger partial charge is 0.313 e. The number of halogens is 2. The van der Waals surface area contributed by atoms with Gasteiger partial charge in [-0.05, 0) is 61.5 Å². The number of hydrogen-bond donors (Lipinski definition) is 3. The number of amides is 3. The summed E-state index contributed by atoms with van der Waals surface area (Å²) in [6.45, 7) is 2.29. The van der Waals surface area contributed by atoms with E-state index in [0.717, 1.165) is 0 Å². The molecule has 1 aromatic heterocycles. The van der Waals surface area contributed by atoms with Crippen molar-refractivity contribution in [2.75, 3.05) is 17.2 Å². The van der Waals surface area contributed by atoms with Gasteiger partial charge < -0.3 is 25.1 Å². The minimum atomic E-state index is -0.919. The van der Waals surface area contributed by atoms with Gasteiger partial charge in [0.1, 0.15) is 28.9 Å². The molecule has 11 heteroatoms. The summed E-state index contributed by atoms with van der Waals surface area (Å²) in [5.41, 5.74) is 0.574. The van der Waals surface area contributed by atoms with E-state index in [0.29, 0.717) is 33.8 Å². The van der Waals surface area contributed by atoms with Crippen LogP contribution >= 0.6 is 23.2 Å². The van der Waals surface area contributed by atoms with Crippen molar-refractivity contribution in [2.45, 2.75) is 13.5 Å². The quantitative estimate of drug-likeness (QED) is 0.219. The Morgan fingerprint density at radius 1 is 0.944 bits per heavy atom. The molecule has 184 valence electrons. The first-order valence-electron chi connectivity index (χ1n) is 10.6. The van der Waals surface area contributed by atoms with E-state index in [1.165, 1.54) is 30.3 Å². The van der Waals surface area contributed by atoms with Gasteiger partial charge in [0.25, 0.3) is 5.91 Å². The Kier molecular flexibility index (Phi) is 9.11. The van der Waals surface area contributed by atoms with Gasteiger partial charge in [0.15, 0.2) is 0 Å². The molecule has 3 aromatic rings. The molecule has 2 aromatic carbocycles. The molecule has 0 aliphatic rings. The zero-order chi connectivity index (χ0) is 26.1. The van der Waals surface area contributed by atoms with E-state index in [4.69, 9.17) is 32.4 Å². The number of furan rings is 1. The third kappa shape index (κ3) is 7.63. The molecule has 0 atom stereocenters. The Bertz CT molecular complexity index is 1320. The van der Waals surface area contributed by atoms with Gasteiger partial charge in [-0.25, -0.2) is 0 Å². The molecule has 0 fully saturated rings. The summed E-state index contributed by atoms with van der Waals surface area (Å²) >= 11 is 11.8. The summed E-state index contributed by atoms with van der Waals surface area (Å²) < 4.78 is 10.9. The van der Waals surface area contributed by atoms with Gasteiger partial charge in [-0.1, -0.05) is 23.2 Å². The molecule has 1 heterocycles. The van der Waals surface area contributed by atoms with Crippen molar-refractivity contribution in [1.29, 1.82) is 5.26 Å². The van der Waals surface area contributed by atoms with Crippen molar-refractivity contribution < 1.29 is 23.5 Å². The molecule has 36 heavy (non-hydrogen) atoms. The topological polar surface area (TPSA) is 133 Å². The van der Waals surface area contributed by atoms with Gasteiger partial charge in [-0.15, -0.1) is 0 Å². The minimum Gasteiger partial charge on any atom is -0.494 e. The van der Waals surface area contributed by atoms with Gasteiger partial charge in [0, 0.05) is 27.5 Å². The fraction of sp³-hybridized carbons (Fsp3) is 0.120. The Hall–Kier alpha value is -4.26. The lowest BCUT2D eigenvalue weighted by Crippen LogP contribution is -2.34. The van der Waals surface area contributed by atoms with E-state index in [-0.39, 0.29) is 23.6 Å². The summed E-state index contributed by atoms with van der Waals surface area (Å²) in [4.78, 5) is 36.6. The fourth-order valence-corrected chi connectivity index (χ4v) is 3.45. The van der Waals surface area contributed by atoms with Crippen molar-refractivity contribution in [1.82, 2.24) is 5.32 Å². The molecule has 0 radical (unpaired) electrons.